The van der Waals surface area contributed by atoms with E-state index < -0.39 is 5.97 Å². The molecule has 0 aliphatic rings. The van der Waals surface area contributed by atoms with Crippen molar-refractivity contribution in [3.05, 3.63) is 65.4 Å². The number of esters is 1. The fourth-order valence-electron chi connectivity index (χ4n) is 1.95. The molecule has 104 valence electrons. The van der Waals surface area contributed by atoms with Crippen LogP contribution in [0.5, 0.6) is 0 Å². The molecular weight excluding hydrogens is 284 g/mol. The van der Waals surface area contributed by atoms with Crippen molar-refractivity contribution in [3.8, 4) is 0 Å². The number of hydrogen-bond donors (Lipinski definition) is 0. The molecule has 3 rings (SSSR count). The van der Waals surface area contributed by atoms with Crippen LogP contribution in [-0.4, -0.2) is 15.9 Å². The third-order valence-corrected chi connectivity index (χ3v) is 4.00. The Balaban J connectivity index is 1.85. The molecule has 0 spiro atoms. The summed E-state index contributed by atoms with van der Waals surface area (Å²) in [6, 6.07) is 9.54. The van der Waals surface area contributed by atoms with Crippen LogP contribution in [0.2, 0.25) is 0 Å². The van der Waals surface area contributed by atoms with E-state index in [1.54, 1.807) is 6.08 Å². The molecule has 0 N–H and O–H groups in total. The van der Waals surface area contributed by atoms with Gasteiger partial charge in [0.2, 0.25) is 0 Å². The molecule has 2 aromatic heterocycles. The van der Waals surface area contributed by atoms with Gasteiger partial charge in [-0.2, -0.15) is 0 Å². The number of thiophene rings is 1. The topological polar surface area (TPSA) is 52.1 Å². The summed E-state index contributed by atoms with van der Waals surface area (Å²) in [4.78, 5) is 20.4. The Kier molecular flexibility index (Phi) is 3.75. The number of nitrogens with zero attached hydrogens (tertiary/aromatic N) is 2. The highest BCUT2D eigenvalue weighted by molar-refractivity contribution is 7.17. The maximum absolute atomic E-state index is 12.2. The molecule has 5 heteroatoms. The molecule has 0 aliphatic heterocycles. The Morgan fingerprint density at radius 2 is 2.10 bits per heavy atom. The summed E-state index contributed by atoms with van der Waals surface area (Å²) in [7, 11) is 0. The first-order valence-corrected chi connectivity index (χ1v) is 7.23. The summed E-state index contributed by atoms with van der Waals surface area (Å²) in [6.45, 7) is 3.96. The Bertz CT molecular complexity index is 796. The van der Waals surface area contributed by atoms with Gasteiger partial charge < -0.3 is 4.74 Å². The van der Waals surface area contributed by atoms with E-state index in [0.29, 0.717) is 5.69 Å². The smallest absolute Gasteiger partial charge is 0.358 e. The number of carbonyl (C=O) groups excluding carboxylic acids is 1. The van der Waals surface area contributed by atoms with Gasteiger partial charge in [-0.1, -0.05) is 43.0 Å². The zero-order valence-electron chi connectivity index (χ0n) is 11.2. The first kappa shape index (κ1) is 13.5. The van der Waals surface area contributed by atoms with E-state index in [-0.39, 0.29) is 6.61 Å². The largest absolute Gasteiger partial charge is 0.456 e. The van der Waals surface area contributed by atoms with Gasteiger partial charge in [-0.05, 0) is 5.56 Å². The quantitative estimate of drug-likeness (QED) is 0.689. The average Bonchev–Trinajstić information content (AvgIpc) is 2.96. The van der Waals surface area contributed by atoms with E-state index >= 15 is 0 Å². The highest BCUT2D eigenvalue weighted by atomic mass is 32.1. The second-order valence-electron chi connectivity index (χ2n) is 4.36. The van der Waals surface area contributed by atoms with Crippen molar-refractivity contribution in [3.63, 3.8) is 0 Å². The van der Waals surface area contributed by atoms with Crippen LogP contribution in [0, 0.1) is 0 Å². The average molecular weight is 296 g/mol. The minimum absolute atomic E-state index is 0.227. The maximum atomic E-state index is 12.2. The van der Waals surface area contributed by atoms with Crippen LogP contribution in [0.1, 0.15) is 21.6 Å². The van der Waals surface area contributed by atoms with E-state index in [2.05, 4.69) is 16.5 Å². The van der Waals surface area contributed by atoms with Crippen molar-refractivity contribution in [1.82, 2.24) is 9.97 Å². The number of fused-ring (bicyclic) bond motifs is 1. The Hall–Kier alpha value is -2.53. The second-order valence-corrected chi connectivity index (χ2v) is 5.24. The predicted octanol–water partition coefficient (Wildman–Crippen LogP) is 3.69. The van der Waals surface area contributed by atoms with Gasteiger partial charge in [0.1, 0.15) is 12.9 Å². The SMILES string of the molecule is C=Cc1csc2c(C(=O)OCc3ccccc3)ncnc12. The number of hydrogen-bond acceptors (Lipinski definition) is 5. The standard InChI is InChI=1S/C16H12N2O2S/c1-2-12-9-21-15-13(12)17-10-18-14(15)16(19)20-8-11-6-4-3-5-7-11/h2-7,9-10H,1,8H2. The van der Waals surface area contributed by atoms with Crippen molar-refractivity contribution in [2.75, 3.05) is 0 Å². The van der Waals surface area contributed by atoms with Crippen molar-refractivity contribution in [2.24, 2.45) is 0 Å². The molecule has 0 radical (unpaired) electrons. The van der Waals surface area contributed by atoms with Crippen LogP contribution < -0.4 is 0 Å². The minimum Gasteiger partial charge on any atom is -0.456 e. The molecule has 21 heavy (non-hydrogen) atoms. The first-order valence-electron chi connectivity index (χ1n) is 6.35. The van der Waals surface area contributed by atoms with Crippen LogP contribution in [0.25, 0.3) is 16.3 Å². The monoisotopic (exact) mass is 296 g/mol. The number of carbonyl (C=O) groups is 1. The summed E-state index contributed by atoms with van der Waals surface area (Å²) >= 11 is 1.42. The van der Waals surface area contributed by atoms with E-state index in [0.717, 1.165) is 21.3 Å². The molecule has 0 saturated carbocycles. The number of rotatable bonds is 4. The lowest BCUT2D eigenvalue weighted by Gasteiger charge is -2.04. The summed E-state index contributed by atoms with van der Waals surface area (Å²) in [6.07, 6.45) is 3.09. The van der Waals surface area contributed by atoms with Crippen molar-refractivity contribution < 1.29 is 9.53 Å². The molecule has 0 aliphatic carbocycles. The van der Waals surface area contributed by atoms with E-state index in [9.17, 15) is 4.79 Å². The zero-order chi connectivity index (χ0) is 14.7. The Labute approximate surface area is 125 Å². The molecular formula is C16H12N2O2S. The van der Waals surface area contributed by atoms with Crippen molar-refractivity contribution in [2.45, 2.75) is 6.61 Å². The highest BCUT2D eigenvalue weighted by Crippen LogP contribution is 2.27. The van der Waals surface area contributed by atoms with Crippen LogP contribution in [0.15, 0.2) is 48.6 Å². The summed E-state index contributed by atoms with van der Waals surface area (Å²) in [5.74, 6) is -0.441. The van der Waals surface area contributed by atoms with Gasteiger partial charge in [-0.25, -0.2) is 14.8 Å². The molecule has 0 bridgehead atoms. The van der Waals surface area contributed by atoms with Gasteiger partial charge in [0, 0.05) is 10.9 Å². The van der Waals surface area contributed by atoms with Gasteiger partial charge in [-0.15, -0.1) is 11.3 Å². The molecule has 2 heterocycles. The molecule has 0 saturated heterocycles. The fraction of sp³-hybridized carbons (Fsp3) is 0.0625. The molecule has 0 amide bonds. The number of benzene rings is 1. The van der Waals surface area contributed by atoms with Crippen molar-refractivity contribution >= 4 is 33.6 Å². The zero-order valence-corrected chi connectivity index (χ0v) is 12.0. The first-order chi connectivity index (χ1) is 10.3. The lowest BCUT2D eigenvalue weighted by molar-refractivity contribution is 0.0468. The third-order valence-electron chi connectivity index (χ3n) is 3.01. The normalized spacial score (nSPS) is 10.5. The third kappa shape index (κ3) is 2.68. The minimum atomic E-state index is -0.441. The maximum Gasteiger partial charge on any atom is 0.358 e. The Morgan fingerprint density at radius 1 is 1.29 bits per heavy atom. The van der Waals surface area contributed by atoms with Gasteiger partial charge in [0.15, 0.2) is 5.69 Å². The fourth-order valence-corrected chi connectivity index (χ4v) is 2.93. The summed E-state index contributed by atoms with van der Waals surface area (Å²) in [5.41, 5.74) is 2.87. The predicted molar refractivity (Wildman–Crippen MR) is 83.1 cm³/mol. The van der Waals surface area contributed by atoms with Crippen LogP contribution >= 0.6 is 11.3 Å². The lowest BCUT2D eigenvalue weighted by Crippen LogP contribution is -2.08. The van der Waals surface area contributed by atoms with Gasteiger partial charge >= 0.3 is 5.97 Å². The van der Waals surface area contributed by atoms with Gasteiger partial charge in [0.05, 0.1) is 10.2 Å². The second kappa shape index (κ2) is 5.85. The molecule has 0 atom stereocenters. The molecule has 0 fully saturated rings. The van der Waals surface area contributed by atoms with E-state index in [4.69, 9.17) is 4.74 Å². The molecule has 4 nitrogen and oxygen atoms in total. The molecule has 1 aromatic carbocycles. The molecule has 3 aromatic rings. The number of ether oxygens (including phenoxy) is 1. The number of aromatic nitrogens is 2. The molecule has 0 unspecified atom stereocenters. The van der Waals surface area contributed by atoms with Gasteiger partial charge in [-0.3, -0.25) is 0 Å². The summed E-state index contributed by atoms with van der Waals surface area (Å²) < 4.78 is 6.04. The highest BCUT2D eigenvalue weighted by Gasteiger charge is 2.16. The van der Waals surface area contributed by atoms with E-state index in [1.165, 1.54) is 17.7 Å². The summed E-state index contributed by atoms with van der Waals surface area (Å²) in [5, 5.41) is 1.90. The van der Waals surface area contributed by atoms with Crippen LogP contribution in [0.3, 0.4) is 0 Å². The van der Waals surface area contributed by atoms with E-state index in [1.807, 2.05) is 35.7 Å². The van der Waals surface area contributed by atoms with Crippen LogP contribution in [0.4, 0.5) is 0 Å². The van der Waals surface area contributed by atoms with Crippen LogP contribution in [-0.2, 0) is 11.3 Å². The Morgan fingerprint density at radius 3 is 2.86 bits per heavy atom. The van der Waals surface area contributed by atoms with Crippen molar-refractivity contribution in [1.29, 1.82) is 0 Å². The van der Waals surface area contributed by atoms with Gasteiger partial charge in [0.25, 0.3) is 0 Å². The lowest BCUT2D eigenvalue weighted by atomic mass is 10.2.